The number of rotatable bonds is 12. The largest absolute Gasteiger partial charge is 0.497 e. The number of hydrogen-bond donors (Lipinski definition) is 2. The first kappa shape index (κ1) is 29.3. The van der Waals surface area contributed by atoms with Gasteiger partial charge in [0.2, 0.25) is 5.91 Å². The number of aromatic nitrogens is 3. The van der Waals surface area contributed by atoms with Gasteiger partial charge in [-0.25, -0.2) is 0 Å². The van der Waals surface area contributed by atoms with Crippen molar-refractivity contribution >= 4 is 29.3 Å². The standard InChI is InChI=1S/C29H31N5O6S/c1-18-7-6-8-20(13-18)31-27(35)17-41-29-33-32-26(34(29)22-15-21(37-2)10-12-23(22)38-3)16-30-28(36)19-9-11-24(39-4)25(14-19)40-5/h6-15H,16-17H2,1-5H3,(H,30,36)(H,31,35). The van der Waals surface area contributed by atoms with Crippen LogP contribution in [-0.4, -0.2) is 60.8 Å². The Morgan fingerprint density at radius 1 is 0.854 bits per heavy atom. The minimum atomic E-state index is -0.343. The van der Waals surface area contributed by atoms with Gasteiger partial charge in [-0.1, -0.05) is 23.9 Å². The molecule has 1 heterocycles. The summed E-state index contributed by atoms with van der Waals surface area (Å²) in [6.07, 6.45) is 0. The second-order valence-corrected chi connectivity index (χ2v) is 9.67. The van der Waals surface area contributed by atoms with Gasteiger partial charge in [0.05, 0.1) is 46.4 Å². The van der Waals surface area contributed by atoms with Crippen molar-refractivity contribution in [2.45, 2.75) is 18.6 Å². The highest BCUT2D eigenvalue weighted by atomic mass is 32.2. The number of nitrogens with one attached hydrogen (secondary N) is 2. The number of anilines is 1. The van der Waals surface area contributed by atoms with E-state index in [1.165, 1.54) is 26.0 Å². The Hall–Kier alpha value is -4.71. The van der Waals surface area contributed by atoms with E-state index in [-0.39, 0.29) is 24.1 Å². The summed E-state index contributed by atoms with van der Waals surface area (Å²) in [5.74, 6) is 2.03. The summed E-state index contributed by atoms with van der Waals surface area (Å²) < 4.78 is 23.3. The summed E-state index contributed by atoms with van der Waals surface area (Å²) >= 11 is 1.20. The van der Waals surface area contributed by atoms with Crippen LogP contribution in [0.1, 0.15) is 21.7 Å². The Labute approximate surface area is 242 Å². The van der Waals surface area contributed by atoms with Gasteiger partial charge in [-0.15, -0.1) is 10.2 Å². The van der Waals surface area contributed by atoms with Gasteiger partial charge >= 0.3 is 0 Å². The number of benzene rings is 3. The smallest absolute Gasteiger partial charge is 0.251 e. The quantitative estimate of drug-likeness (QED) is 0.237. The maximum absolute atomic E-state index is 13.0. The minimum Gasteiger partial charge on any atom is -0.497 e. The Bertz CT molecular complexity index is 1540. The van der Waals surface area contributed by atoms with Gasteiger partial charge in [-0.3, -0.25) is 14.2 Å². The molecule has 2 amide bonds. The topological polar surface area (TPSA) is 126 Å². The predicted octanol–water partition coefficient (Wildman–Crippen LogP) is 4.27. The molecule has 0 spiro atoms. The van der Waals surface area contributed by atoms with E-state index in [4.69, 9.17) is 18.9 Å². The van der Waals surface area contributed by atoms with Gasteiger partial charge in [0.15, 0.2) is 22.5 Å². The SMILES string of the molecule is COc1ccc(OC)c(-n2c(CNC(=O)c3ccc(OC)c(OC)c3)nnc2SCC(=O)Nc2cccc(C)c2)c1. The van der Waals surface area contributed by atoms with E-state index in [1.54, 1.807) is 55.2 Å². The average molecular weight is 578 g/mol. The van der Waals surface area contributed by atoms with E-state index in [0.29, 0.717) is 50.9 Å². The molecule has 41 heavy (non-hydrogen) atoms. The number of carbonyl (C=O) groups is 2. The van der Waals surface area contributed by atoms with Crippen LogP contribution in [0.2, 0.25) is 0 Å². The molecule has 1 aromatic heterocycles. The third kappa shape index (κ3) is 7.09. The molecule has 4 aromatic rings. The maximum Gasteiger partial charge on any atom is 0.251 e. The van der Waals surface area contributed by atoms with Gasteiger partial charge in [0.1, 0.15) is 11.5 Å². The zero-order valence-corrected chi connectivity index (χ0v) is 24.2. The van der Waals surface area contributed by atoms with Crippen LogP contribution >= 0.6 is 11.8 Å². The number of ether oxygens (including phenoxy) is 4. The maximum atomic E-state index is 13.0. The highest BCUT2D eigenvalue weighted by Gasteiger charge is 2.21. The van der Waals surface area contributed by atoms with Crippen molar-refractivity contribution < 1.29 is 28.5 Å². The molecule has 0 unspecified atom stereocenters. The summed E-state index contributed by atoms with van der Waals surface area (Å²) in [4.78, 5) is 25.7. The number of amides is 2. The molecule has 214 valence electrons. The second kappa shape index (κ2) is 13.6. The summed E-state index contributed by atoms with van der Waals surface area (Å²) in [5.41, 5.74) is 2.73. The number of methoxy groups -OCH3 is 4. The molecule has 3 aromatic carbocycles. The number of aryl methyl sites for hydroxylation is 1. The predicted molar refractivity (Wildman–Crippen MR) is 156 cm³/mol. The van der Waals surface area contributed by atoms with Crippen LogP contribution in [0.3, 0.4) is 0 Å². The Kier molecular flexibility index (Phi) is 9.69. The van der Waals surface area contributed by atoms with E-state index >= 15 is 0 Å². The van der Waals surface area contributed by atoms with Crippen LogP contribution in [0, 0.1) is 6.92 Å². The molecule has 0 aliphatic heterocycles. The first-order valence-electron chi connectivity index (χ1n) is 12.5. The number of hydrogen-bond acceptors (Lipinski definition) is 9. The molecule has 0 aliphatic rings. The van der Waals surface area contributed by atoms with Crippen molar-refractivity contribution in [2.75, 3.05) is 39.5 Å². The summed E-state index contributed by atoms with van der Waals surface area (Å²) in [7, 11) is 6.15. The zero-order valence-electron chi connectivity index (χ0n) is 23.4. The van der Waals surface area contributed by atoms with Crippen LogP contribution in [-0.2, 0) is 11.3 Å². The summed E-state index contributed by atoms with van der Waals surface area (Å²) in [5, 5.41) is 14.9. The lowest BCUT2D eigenvalue weighted by Crippen LogP contribution is -2.25. The van der Waals surface area contributed by atoms with Crippen molar-refractivity contribution in [3.8, 4) is 28.7 Å². The van der Waals surface area contributed by atoms with Crippen LogP contribution in [0.15, 0.2) is 65.8 Å². The summed E-state index contributed by atoms with van der Waals surface area (Å²) in [6.45, 7) is 2.00. The fourth-order valence-electron chi connectivity index (χ4n) is 4.01. The molecule has 4 rings (SSSR count). The van der Waals surface area contributed by atoms with Crippen molar-refractivity contribution in [1.82, 2.24) is 20.1 Å². The highest BCUT2D eigenvalue weighted by Crippen LogP contribution is 2.32. The Balaban J connectivity index is 1.59. The average Bonchev–Trinajstić information content (AvgIpc) is 3.40. The number of carbonyl (C=O) groups excluding carboxylic acids is 2. The molecule has 2 N–H and O–H groups in total. The Morgan fingerprint density at radius 2 is 1.61 bits per heavy atom. The molecule has 0 fully saturated rings. The van der Waals surface area contributed by atoms with Crippen LogP contribution in [0.25, 0.3) is 5.69 Å². The van der Waals surface area contributed by atoms with Crippen molar-refractivity contribution in [1.29, 1.82) is 0 Å². The lowest BCUT2D eigenvalue weighted by molar-refractivity contribution is -0.113. The van der Waals surface area contributed by atoms with E-state index < -0.39 is 0 Å². The first-order valence-corrected chi connectivity index (χ1v) is 13.5. The molecule has 0 atom stereocenters. The molecular weight excluding hydrogens is 546 g/mol. The van der Waals surface area contributed by atoms with Gasteiger partial charge in [-0.2, -0.15) is 0 Å². The monoisotopic (exact) mass is 577 g/mol. The fourth-order valence-corrected chi connectivity index (χ4v) is 4.77. The fraction of sp³-hybridized carbons (Fsp3) is 0.241. The van der Waals surface area contributed by atoms with E-state index in [1.807, 2.05) is 31.2 Å². The third-order valence-electron chi connectivity index (χ3n) is 6.01. The molecule has 11 nitrogen and oxygen atoms in total. The van der Waals surface area contributed by atoms with Crippen molar-refractivity contribution in [3.63, 3.8) is 0 Å². The van der Waals surface area contributed by atoms with Crippen LogP contribution in [0.4, 0.5) is 5.69 Å². The molecule has 0 saturated heterocycles. The summed E-state index contributed by atoms with van der Waals surface area (Å²) in [6, 6.07) is 17.8. The van der Waals surface area contributed by atoms with E-state index in [0.717, 1.165) is 5.56 Å². The number of nitrogens with zero attached hydrogens (tertiary/aromatic N) is 3. The van der Waals surface area contributed by atoms with Gasteiger partial charge in [0, 0.05) is 17.3 Å². The molecular formula is C29H31N5O6S. The Morgan fingerprint density at radius 3 is 2.32 bits per heavy atom. The van der Waals surface area contributed by atoms with Crippen molar-refractivity contribution in [3.05, 3.63) is 77.6 Å². The first-order chi connectivity index (χ1) is 19.9. The number of thioether (sulfide) groups is 1. The van der Waals surface area contributed by atoms with Gasteiger partial charge in [0.25, 0.3) is 5.91 Å². The second-order valence-electron chi connectivity index (χ2n) is 8.73. The van der Waals surface area contributed by atoms with E-state index in [2.05, 4.69) is 20.8 Å². The van der Waals surface area contributed by atoms with Crippen LogP contribution in [0.5, 0.6) is 23.0 Å². The van der Waals surface area contributed by atoms with Gasteiger partial charge < -0.3 is 29.6 Å². The minimum absolute atomic E-state index is 0.0383. The normalized spacial score (nSPS) is 10.6. The van der Waals surface area contributed by atoms with E-state index in [9.17, 15) is 9.59 Å². The highest BCUT2D eigenvalue weighted by molar-refractivity contribution is 7.99. The molecule has 0 aliphatic carbocycles. The molecule has 0 saturated carbocycles. The van der Waals surface area contributed by atoms with Crippen LogP contribution < -0.4 is 29.6 Å². The molecule has 0 radical (unpaired) electrons. The lowest BCUT2D eigenvalue weighted by atomic mass is 10.2. The van der Waals surface area contributed by atoms with Crippen molar-refractivity contribution in [2.24, 2.45) is 0 Å². The third-order valence-corrected chi connectivity index (χ3v) is 6.94. The van der Waals surface area contributed by atoms with Gasteiger partial charge in [-0.05, 0) is 55.0 Å². The lowest BCUT2D eigenvalue weighted by Gasteiger charge is -2.15. The molecule has 0 bridgehead atoms. The zero-order chi connectivity index (χ0) is 29.4. The molecule has 12 heteroatoms.